The molecular formula is C22H24N2O4S. The van der Waals surface area contributed by atoms with Gasteiger partial charge in [-0.1, -0.05) is 23.5 Å². The predicted molar refractivity (Wildman–Crippen MR) is 115 cm³/mol. The Morgan fingerprint density at radius 3 is 2.31 bits per heavy atom. The first-order chi connectivity index (χ1) is 13.9. The number of methoxy groups -OCH3 is 3. The SMILES string of the molecule is C=CCn1c(=NC(=O)c2cc(OC)c(OC)c(OC)c2)sc2cc(C)cc(C)c21. The third-order valence-electron chi connectivity index (χ3n) is 4.53. The fourth-order valence-corrected chi connectivity index (χ4v) is 4.55. The topological polar surface area (TPSA) is 62.1 Å². The smallest absolute Gasteiger partial charge is 0.279 e. The highest BCUT2D eigenvalue weighted by molar-refractivity contribution is 7.16. The second-order valence-corrected chi connectivity index (χ2v) is 7.55. The predicted octanol–water partition coefficient (Wildman–Crippen LogP) is 4.27. The number of benzene rings is 2. The zero-order valence-corrected chi connectivity index (χ0v) is 18.1. The van der Waals surface area contributed by atoms with Gasteiger partial charge >= 0.3 is 0 Å². The van der Waals surface area contributed by atoms with E-state index in [4.69, 9.17) is 14.2 Å². The van der Waals surface area contributed by atoms with E-state index < -0.39 is 0 Å². The van der Waals surface area contributed by atoms with E-state index in [9.17, 15) is 4.79 Å². The van der Waals surface area contributed by atoms with Crippen LogP contribution in [0.4, 0.5) is 0 Å². The van der Waals surface area contributed by atoms with Gasteiger partial charge in [-0.2, -0.15) is 4.99 Å². The first-order valence-corrected chi connectivity index (χ1v) is 9.85. The number of carbonyl (C=O) groups is 1. The molecule has 1 heterocycles. The van der Waals surface area contributed by atoms with E-state index in [1.807, 2.05) is 4.57 Å². The molecule has 3 rings (SSSR count). The number of fused-ring (bicyclic) bond motifs is 1. The van der Waals surface area contributed by atoms with Crippen LogP contribution in [0.1, 0.15) is 21.5 Å². The minimum atomic E-state index is -0.386. The molecule has 0 unspecified atom stereocenters. The summed E-state index contributed by atoms with van der Waals surface area (Å²) in [6.07, 6.45) is 1.80. The lowest BCUT2D eigenvalue weighted by molar-refractivity contribution is 0.0997. The van der Waals surface area contributed by atoms with Crippen LogP contribution >= 0.6 is 11.3 Å². The standard InChI is InChI=1S/C22H24N2O4S/c1-7-8-24-19-14(3)9-13(2)10-18(19)29-22(24)23-21(25)15-11-16(26-4)20(28-6)17(12-15)27-5/h7,9-12H,1,8H2,2-6H3. The molecule has 0 fully saturated rings. The second-order valence-electron chi connectivity index (χ2n) is 6.54. The summed E-state index contributed by atoms with van der Waals surface area (Å²) in [4.78, 5) is 18.0. The number of ether oxygens (including phenoxy) is 3. The number of carbonyl (C=O) groups excluding carboxylic acids is 1. The molecule has 0 aliphatic carbocycles. The average Bonchev–Trinajstić information content (AvgIpc) is 3.03. The fourth-order valence-electron chi connectivity index (χ4n) is 3.33. The number of aromatic nitrogens is 1. The lowest BCUT2D eigenvalue weighted by Gasteiger charge is -2.12. The van der Waals surface area contributed by atoms with Crippen LogP contribution < -0.4 is 19.0 Å². The molecule has 0 aliphatic rings. The van der Waals surface area contributed by atoms with Crippen LogP contribution in [0.5, 0.6) is 17.2 Å². The van der Waals surface area contributed by atoms with Crippen molar-refractivity contribution in [2.24, 2.45) is 4.99 Å². The molecule has 7 heteroatoms. The summed E-state index contributed by atoms with van der Waals surface area (Å²) in [6, 6.07) is 7.44. The third kappa shape index (κ3) is 3.91. The first-order valence-electron chi connectivity index (χ1n) is 9.04. The molecule has 0 bridgehead atoms. The van der Waals surface area contributed by atoms with Gasteiger partial charge < -0.3 is 18.8 Å². The van der Waals surface area contributed by atoms with Gasteiger partial charge in [0.05, 0.1) is 31.5 Å². The Morgan fingerprint density at radius 1 is 1.10 bits per heavy atom. The van der Waals surface area contributed by atoms with Crippen LogP contribution in [0.3, 0.4) is 0 Å². The minimum Gasteiger partial charge on any atom is -0.493 e. The molecule has 0 saturated carbocycles. The molecule has 0 saturated heterocycles. The molecule has 0 N–H and O–H groups in total. The molecule has 152 valence electrons. The van der Waals surface area contributed by atoms with Crippen molar-refractivity contribution >= 4 is 27.5 Å². The summed E-state index contributed by atoms with van der Waals surface area (Å²) >= 11 is 1.48. The summed E-state index contributed by atoms with van der Waals surface area (Å²) in [5, 5.41) is 0. The van der Waals surface area contributed by atoms with Crippen LogP contribution in [0.25, 0.3) is 10.2 Å². The van der Waals surface area contributed by atoms with Gasteiger partial charge in [-0.3, -0.25) is 4.79 Å². The van der Waals surface area contributed by atoms with Crippen molar-refractivity contribution in [2.75, 3.05) is 21.3 Å². The van der Waals surface area contributed by atoms with E-state index in [1.165, 1.54) is 38.2 Å². The number of hydrogen-bond donors (Lipinski definition) is 0. The molecule has 6 nitrogen and oxygen atoms in total. The molecule has 3 aromatic rings. The maximum absolute atomic E-state index is 13.0. The van der Waals surface area contributed by atoms with Gasteiger partial charge in [0.15, 0.2) is 16.3 Å². The van der Waals surface area contributed by atoms with Gasteiger partial charge in [-0.15, -0.1) is 6.58 Å². The normalized spacial score (nSPS) is 11.6. The number of thiazole rings is 1. The van der Waals surface area contributed by atoms with E-state index in [-0.39, 0.29) is 5.91 Å². The van der Waals surface area contributed by atoms with Gasteiger partial charge in [-0.25, -0.2) is 0 Å². The molecule has 0 spiro atoms. The molecule has 0 atom stereocenters. The summed E-state index contributed by atoms with van der Waals surface area (Å²) in [6.45, 7) is 8.52. The monoisotopic (exact) mass is 412 g/mol. The van der Waals surface area contributed by atoms with Crippen molar-refractivity contribution in [3.63, 3.8) is 0 Å². The fraction of sp³-hybridized carbons (Fsp3) is 0.273. The Morgan fingerprint density at radius 2 is 1.76 bits per heavy atom. The van der Waals surface area contributed by atoms with E-state index >= 15 is 0 Å². The largest absolute Gasteiger partial charge is 0.493 e. The van der Waals surface area contributed by atoms with Crippen LogP contribution in [0, 0.1) is 13.8 Å². The lowest BCUT2D eigenvalue weighted by atomic mass is 10.1. The van der Waals surface area contributed by atoms with Crippen molar-refractivity contribution in [2.45, 2.75) is 20.4 Å². The Balaban J connectivity index is 2.19. The van der Waals surface area contributed by atoms with Gasteiger partial charge in [-0.05, 0) is 43.2 Å². The molecule has 2 aromatic carbocycles. The van der Waals surface area contributed by atoms with Crippen LogP contribution in [0.2, 0.25) is 0 Å². The summed E-state index contributed by atoms with van der Waals surface area (Å²) in [5.74, 6) is 0.864. The number of amides is 1. The van der Waals surface area contributed by atoms with E-state index in [2.05, 4.69) is 37.6 Å². The van der Waals surface area contributed by atoms with Crippen LogP contribution in [-0.2, 0) is 6.54 Å². The third-order valence-corrected chi connectivity index (χ3v) is 5.56. The highest BCUT2D eigenvalue weighted by Crippen LogP contribution is 2.38. The van der Waals surface area contributed by atoms with Crippen molar-refractivity contribution in [1.82, 2.24) is 4.57 Å². The quantitative estimate of drug-likeness (QED) is 0.567. The lowest BCUT2D eigenvalue weighted by Crippen LogP contribution is -2.16. The highest BCUT2D eigenvalue weighted by atomic mass is 32.1. The summed E-state index contributed by atoms with van der Waals surface area (Å²) in [5.41, 5.74) is 3.73. The molecular weight excluding hydrogens is 388 g/mol. The Bertz CT molecular complexity index is 1130. The van der Waals surface area contributed by atoms with Crippen molar-refractivity contribution in [3.05, 3.63) is 58.4 Å². The molecule has 1 aromatic heterocycles. The Labute approximate surface area is 173 Å². The van der Waals surface area contributed by atoms with Crippen molar-refractivity contribution in [3.8, 4) is 17.2 Å². The number of rotatable bonds is 6. The summed E-state index contributed by atoms with van der Waals surface area (Å²) < 4.78 is 19.1. The van der Waals surface area contributed by atoms with Crippen LogP contribution in [0.15, 0.2) is 41.9 Å². The first kappa shape index (κ1) is 20.7. The minimum absolute atomic E-state index is 0.356. The number of hydrogen-bond acceptors (Lipinski definition) is 5. The Kier molecular flexibility index (Phi) is 6.08. The van der Waals surface area contributed by atoms with Gasteiger partial charge in [0, 0.05) is 12.1 Å². The molecule has 0 radical (unpaired) electrons. The number of allylic oxidation sites excluding steroid dienone is 1. The van der Waals surface area contributed by atoms with Gasteiger partial charge in [0.1, 0.15) is 0 Å². The number of nitrogens with zero attached hydrogens (tertiary/aromatic N) is 2. The maximum atomic E-state index is 13.0. The van der Waals surface area contributed by atoms with E-state index in [0.29, 0.717) is 34.2 Å². The average molecular weight is 413 g/mol. The van der Waals surface area contributed by atoms with E-state index in [1.54, 1.807) is 18.2 Å². The van der Waals surface area contributed by atoms with Crippen molar-refractivity contribution < 1.29 is 19.0 Å². The highest BCUT2D eigenvalue weighted by Gasteiger charge is 2.17. The number of aryl methyl sites for hydroxylation is 2. The maximum Gasteiger partial charge on any atom is 0.279 e. The van der Waals surface area contributed by atoms with Crippen molar-refractivity contribution in [1.29, 1.82) is 0 Å². The zero-order valence-electron chi connectivity index (χ0n) is 17.2. The summed E-state index contributed by atoms with van der Waals surface area (Å²) in [7, 11) is 4.54. The second kappa shape index (κ2) is 8.53. The van der Waals surface area contributed by atoms with Crippen LogP contribution in [-0.4, -0.2) is 31.8 Å². The zero-order chi connectivity index (χ0) is 21.1. The van der Waals surface area contributed by atoms with Gasteiger partial charge in [0.25, 0.3) is 5.91 Å². The molecule has 29 heavy (non-hydrogen) atoms. The molecule has 0 aliphatic heterocycles. The van der Waals surface area contributed by atoms with E-state index in [0.717, 1.165) is 15.8 Å². The van der Waals surface area contributed by atoms with Gasteiger partial charge in [0.2, 0.25) is 5.75 Å². The molecule has 1 amide bonds. The Hall–Kier alpha value is -3.06.